The Morgan fingerprint density at radius 3 is 2.50 bits per heavy atom. The van der Waals surface area contributed by atoms with Crippen LogP contribution in [0.15, 0.2) is 18.2 Å². The van der Waals surface area contributed by atoms with E-state index in [9.17, 15) is 5.11 Å². The van der Waals surface area contributed by atoms with Gasteiger partial charge in [0.15, 0.2) is 11.5 Å². The summed E-state index contributed by atoms with van der Waals surface area (Å²) in [5, 5.41) is 19.7. The first-order valence-corrected chi connectivity index (χ1v) is 6.93. The topological polar surface area (TPSA) is 62.2 Å². The highest BCUT2D eigenvalue weighted by molar-refractivity contribution is 5.47. The lowest BCUT2D eigenvalue weighted by atomic mass is 9.87. The molecule has 1 atom stereocenters. The Kier molecular flexibility index (Phi) is 5.23. The highest BCUT2D eigenvalue weighted by Gasteiger charge is 2.28. The van der Waals surface area contributed by atoms with E-state index in [4.69, 9.17) is 14.6 Å². The molecule has 1 heterocycles. The van der Waals surface area contributed by atoms with E-state index in [1.807, 2.05) is 23.1 Å². The van der Waals surface area contributed by atoms with Crippen molar-refractivity contribution in [3.05, 3.63) is 23.8 Å². The molecule has 0 saturated carbocycles. The summed E-state index contributed by atoms with van der Waals surface area (Å²) in [6.45, 7) is 1.71. The zero-order valence-corrected chi connectivity index (χ0v) is 12.1. The van der Waals surface area contributed by atoms with Crippen molar-refractivity contribution in [3.63, 3.8) is 0 Å². The van der Waals surface area contributed by atoms with Crippen LogP contribution < -0.4 is 9.47 Å². The van der Waals surface area contributed by atoms with E-state index in [-0.39, 0.29) is 12.6 Å². The summed E-state index contributed by atoms with van der Waals surface area (Å²) in [7, 11) is 3.18. The third-order valence-corrected chi connectivity index (χ3v) is 4.03. The summed E-state index contributed by atoms with van der Waals surface area (Å²) in [6, 6.07) is 5.57. The van der Waals surface area contributed by atoms with Gasteiger partial charge in [0.2, 0.25) is 0 Å². The van der Waals surface area contributed by atoms with Gasteiger partial charge < -0.3 is 19.7 Å². The first-order valence-electron chi connectivity index (χ1n) is 6.93. The maximum Gasteiger partial charge on any atom is 0.166 e. The summed E-state index contributed by atoms with van der Waals surface area (Å²) in [5.74, 6) is 1.42. The van der Waals surface area contributed by atoms with Gasteiger partial charge in [-0.05, 0) is 24.8 Å². The van der Waals surface area contributed by atoms with Crippen LogP contribution in [0.5, 0.6) is 11.5 Å². The van der Waals surface area contributed by atoms with E-state index in [1.54, 1.807) is 14.2 Å². The summed E-state index contributed by atoms with van der Waals surface area (Å²) < 4.78 is 10.7. The fourth-order valence-corrected chi connectivity index (χ4v) is 2.81. The maximum absolute atomic E-state index is 10.6. The average molecular weight is 281 g/mol. The van der Waals surface area contributed by atoms with Crippen LogP contribution in [0.3, 0.4) is 0 Å². The highest BCUT2D eigenvalue weighted by Crippen LogP contribution is 2.39. The van der Waals surface area contributed by atoms with E-state index >= 15 is 0 Å². The lowest BCUT2D eigenvalue weighted by Crippen LogP contribution is -2.36. The molecule has 112 valence electrons. The number of rotatable bonds is 5. The maximum atomic E-state index is 10.6. The van der Waals surface area contributed by atoms with Gasteiger partial charge in [0.25, 0.3) is 0 Å². The molecular weight excluding hydrogens is 258 g/mol. The number of benzene rings is 1. The molecule has 1 aromatic carbocycles. The Labute approximate surface area is 119 Å². The second-order valence-corrected chi connectivity index (χ2v) is 5.12. The van der Waals surface area contributed by atoms with Gasteiger partial charge in [-0.15, -0.1) is 0 Å². The predicted octanol–water partition coefficient (Wildman–Crippen LogP) is 1.40. The smallest absolute Gasteiger partial charge is 0.166 e. The average Bonchev–Trinajstić information content (AvgIpc) is 2.53. The van der Waals surface area contributed by atoms with Crippen LogP contribution in [0.25, 0.3) is 0 Å². The Hall–Kier alpha value is -1.30. The number of hydrogen-bond acceptors (Lipinski definition) is 5. The molecule has 1 fully saturated rings. The van der Waals surface area contributed by atoms with Gasteiger partial charge in [0.05, 0.1) is 27.1 Å². The molecule has 2 rings (SSSR count). The van der Waals surface area contributed by atoms with Crippen molar-refractivity contribution in [2.24, 2.45) is 5.92 Å². The van der Waals surface area contributed by atoms with Gasteiger partial charge in [0.1, 0.15) is 0 Å². The fourth-order valence-electron chi connectivity index (χ4n) is 2.81. The van der Waals surface area contributed by atoms with Crippen molar-refractivity contribution < 1.29 is 19.7 Å². The van der Waals surface area contributed by atoms with Crippen molar-refractivity contribution in [1.29, 1.82) is 0 Å². The van der Waals surface area contributed by atoms with Crippen LogP contribution >= 0.6 is 0 Å². The number of aliphatic hydroxyl groups is 2. The number of ether oxygens (including phenoxy) is 2. The quantitative estimate of drug-likeness (QED) is 0.854. The number of aliphatic hydroxyl groups excluding tert-OH is 2. The van der Waals surface area contributed by atoms with E-state index < -0.39 is 6.10 Å². The second kappa shape index (κ2) is 6.92. The van der Waals surface area contributed by atoms with Crippen LogP contribution in [0.1, 0.15) is 24.5 Å². The summed E-state index contributed by atoms with van der Waals surface area (Å²) in [4.78, 5) is 1.98. The zero-order chi connectivity index (χ0) is 14.5. The minimum absolute atomic E-state index is 0.0886. The molecule has 0 spiro atoms. The number of likely N-dealkylation sites (tertiary alicyclic amines) is 1. The lowest BCUT2D eigenvalue weighted by molar-refractivity contribution is 0.0251. The Balaban J connectivity index is 2.15. The molecule has 1 unspecified atom stereocenters. The molecule has 0 radical (unpaired) electrons. The molecule has 0 aliphatic carbocycles. The molecule has 0 aromatic heterocycles. The number of piperidine rings is 1. The van der Waals surface area contributed by atoms with Gasteiger partial charge in [-0.1, -0.05) is 12.1 Å². The highest BCUT2D eigenvalue weighted by atomic mass is 16.5. The van der Waals surface area contributed by atoms with Gasteiger partial charge in [0, 0.05) is 18.7 Å². The molecule has 1 aromatic rings. The van der Waals surface area contributed by atoms with Crippen LogP contribution in [-0.4, -0.2) is 49.2 Å². The molecule has 1 aliphatic rings. The minimum Gasteiger partial charge on any atom is -0.493 e. The number of para-hydroxylation sites is 1. The Morgan fingerprint density at radius 1 is 1.25 bits per heavy atom. The minimum atomic E-state index is -0.569. The first kappa shape index (κ1) is 15.1. The molecule has 1 saturated heterocycles. The Bertz CT molecular complexity index is 430. The molecule has 2 N–H and O–H groups in total. The molecule has 5 nitrogen and oxygen atoms in total. The fraction of sp³-hybridized carbons (Fsp3) is 0.600. The number of methoxy groups -OCH3 is 2. The van der Waals surface area contributed by atoms with Crippen LogP contribution in [-0.2, 0) is 0 Å². The molecule has 0 bridgehead atoms. The summed E-state index contributed by atoms with van der Waals surface area (Å²) in [5.41, 5.74) is 0.772. The largest absolute Gasteiger partial charge is 0.493 e. The first-order chi connectivity index (χ1) is 9.71. The standard InChI is InChI=1S/C15H23NO4/c1-19-13-5-3-4-12(15(13)20-2)14(18)11-6-8-16(10-17)9-7-11/h3-5,11,14,17-18H,6-10H2,1-2H3. The zero-order valence-electron chi connectivity index (χ0n) is 12.1. The third kappa shape index (κ3) is 3.06. The van der Waals surface area contributed by atoms with Crippen molar-refractivity contribution in [2.75, 3.05) is 34.0 Å². The van der Waals surface area contributed by atoms with Crippen LogP contribution in [0.4, 0.5) is 0 Å². The van der Waals surface area contributed by atoms with Crippen molar-refractivity contribution in [1.82, 2.24) is 4.90 Å². The SMILES string of the molecule is COc1cccc(C(O)C2CCN(CO)CC2)c1OC. The summed E-state index contributed by atoms with van der Waals surface area (Å²) in [6.07, 6.45) is 1.16. The van der Waals surface area contributed by atoms with Crippen LogP contribution in [0.2, 0.25) is 0 Å². The normalized spacial score (nSPS) is 18.8. The van der Waals surface area contributed by atoms with Gasteiger partial charge >= 0.3 is 0 Å². The molecule has 1 aliphatic heterocycles. The van der Waals surface area contributed by atoms with E-state index in [0.717, 1.165) is 31.5 Å². The lowest BCUT2D eigenvalue weighted by Gasteiger charge is -2.33. The van der Waals surface area contributed by atoms with Crippen molar-refractivity contribution >= 4 is 0 Å². The van der Waals surface area contributed by atoms with Gasteiger partial charge in [-0.3, -0.25) is 4.90 Å². The van der Waals surface area contributed by atoms with Gasteiger partial charge in [-0.2, -0.15) is 0 Å². The monoisotopic (exact) mass is 281 g/mol. The molecular formula is C15H23NO4. The molecule has 0 amide bonds. The van der Waals surface area contributed by atoms with E-state index in [2.05, 4.69) is 0 Å². The number of nitrogens with zero attached hydrogens (tertiary/aromatic N) is 1. The molecule has 20 heavy (non-hydrogen) atoms. The van der Waals surface area contributed by atoms with E-state index in [0.29, 0.717) is 11.5 Å². The number of hydrogen-bond donors (Lipinski definition) is 2. The molecule has 5 heteroatoms. The van der Waals surface area contributed by atoms with Gasteiger partial charge in [-0.25, -0.2) is 0 Å². The van der Waals surface area contributed by atoms with Crippen LogP contribution in [0, 0.1) is 5.92 Å². The second-order valence-electron chi connectivity index (χ2n) is 5.12. The van der Waals surface area contributed by atoms with Crippen molar-refractivity contribution in [2.45, 2.75) is 18.9 Å². The van der Waals surface area contributed by atoms with E-state index in [1.165, 1.54) is 0 Å². The predicted molar refractivity (Wildman–Crippen MR) is 75.9 cm³/mol. The van der Waals surface area contributed by atoms with Crippen molar-refractivity contribution in [3.8, 4) is 11.5 Å². The third-order valence-electron chi connectivity index (χ3n) is 4.03. The summed E-state index contributed by atoms with van der Waals surface area (Å²) >= 11 is 0. The Morgan fingerprint density at radius 2 is 1.95 bits per heavy atom.